The van der Waals surface area contributed by atoms with Crippen molar-refractivity contribution in [3.05, 3.63) is 36.5 Å². The van der Waals surface area contributed by atoms with Crippen LogP contribution < -0.4 is 16.2 Å². The van der Waals surface area contributed by atoms with Crippen LogP contribution in [-0.4, -0.2) is 10.1 Å². The summed E-state index contributed by atoms with van der Waals surface area (Å²) in [6, 6.07) is 8.34. The summed E-state index contributed by atoms with van der Waals surface area (Å²) in [5.41, 5.74) is 11.6. The molecule has 0 fully saturated rings. The second-order valence-electron chi connectivity index (χ2n) is 3.21. The molecular weight excluding hydrogens is 206 g/mol. The van der Waals surface area contributed by atoms with E-state index in [0.29, 0.717) is 11.4 Å². The smallest absolute Gasteiger partial charge is 0.201 e. The van der Waals surface area contributed by atoms with Crippen molar-refractivity contribution < 1.29 is 9.84 Å². The summed E-state index contributed by atoms with van der Waals surface area (Å²) in [6.45, 7) is 0. The summed E-state index contributed by atoms with van der Waals surface area (Å²) in [4.78, 5) is 3.72. The van der Waals surface area contributed by atoms with Crippen molar-refractivity contribution in [2.45, 2.75) is 0 Å². The number of pyridine rings is 1. The van der Waals surface area contributed by atoms with Crippen LogP contribution in [0.2, 0.25) is 0 Å². The van der Waals surface area contributed by atoms with Crippen LogP contribution in [0.3, 0.4) is 0 Å². The fourth-order valence-electron chi connectivity index (χ4n) is 1.20. The molecule has 1 aromatic carbocycles. The fourth-order valence-corrected chi connectivity index (χ4v) is 1.20. The number of nitrogen functional groups attached to an aromatic ring is 2. The first kappa shape index (κ1) is 10.1. The number of benzene rings is 1. The first-order valence-electron chi connectivity index (χ1n) is 4.63. The van der Waals surface area contributed by atoms with E-state index in [4.69, 9.17) is 16.2 Å². The van der Waals surface area contributed by atoms with Gasteiger partial charge < -0.3 is 21.3 Å². The lowest BCUT2D eigenvalue weighted by Crippen LogP contribution is -1.93. The van der Waals surface area contributed by atoms with Crippen molar-refractivity contribution in [1.29, 1.82) is 0 Å². The quantitative estimate of drug-likeness (QED) is 0.666. The van der Waals surface area contributed by atoms with Crippen LogP contribution in [0.1, 0.15) is 0 Å². The number of anilines is 2. The summed E-state index contributed by atoms with van der Waals surface area (Å²) in [6.07, 6.45) is 1.46. The second-order valence-corrected chi connectivity index (χ2v) is 3.21. The molecule has 0 spiro atoms. The van der Waals surface area contributed by atoms with Crippen LogP contribution >= 0.6 is 0 Å². The minimum atomic E-state index is -0.167. The van der Waals surface area contributed by atoms with Gasteiger partial charge in [0, 0.05) is 18.0 Å². The van der Waals surface area contributed by atoms with Crippen LogP contribution in [-0.2, 0) is 0 Å². The Morgan fingerprint density at radius 3 is 2.44 bits per heavy atom. The van der Waals surface area contributed by atoms with Gasteiger partial charge in [-0.3, -0.25) is 0 Å². The number of ether oxygens (including phenoxy) is 1. The Hall–Kier alpha value is -2.43. The summed E-state index contributed by atoms with van der Waals surface area (Å²) in [5, 5.41) is 9.58. The van der Waals surface area contributed by atoms with Gasteiger partial charge in [0.1, 0.15) is 5.75 Å². The molecule has 5 nitrogen and oxygen atoms in total. The number of hydrogen-bond acceptors (Lipinski definition) is 5. The zero-order chi connectivity index (χ0) is 11.5. The van der Waals surface area contributed by atoms with Gasteiger partial charge in [-0.1, -0.05) is 0 Å². The van der Waals surface area contributed by atoms with Gasteiger partial charge in [-0.15, -0.1) is 0 Å². The normalized spacial score (nSPS) is 10.0. The van der Waals surface area contributed by atoms with E-state index < -0.39 is 0 Å². The molecule has 5 heteroatoms. The average Bonchev–Trinajstić information content (AvgIpc) is 2.28. The molecule has 2 rings (SSSR count). The Morgan fingerprint density at radius 1 is 1.06 bits per heavy atom. The standard InChI is InChI=1S/C11H11N3O2/c12-7-1-3-8(4-2-7)16-9-5-6-14-11(13)10(9)15/h1-6,15H,12H2,(H2,13,14). The van der Waals surface area contributed by atoms with Gasteiger partial charge in [-0.05, 0) is 24.3 Å². The molecule has 0 amide bonds. The van der Waals surface area contributed by atoms with Crippen LogP contribution in [0.4, 0.5) is 11.5 Å². The molecule has 0 aliphatic rings. The maximum atomic E-state index is 9.58. The van der Waals surface area contributed by atoms with Crippen molar-refractivity contribution in [2.75, 3.05) is 11.5 Å². The number of nitrogens with zero attached hydrogens (tertiary/aromatic N) is 1. The molecule has 5 N–H and O–H groups in total. The Balaban J connectivity index is 2.27. The van der Waals surface area contributed by atoms with Gasteiger partial charge in [0.25, 0.3) is 0 Å². The predicted molar refractivity (Wildman–Crippen MR) is 61.2 cm³/mol. The molecule has 1 aromatic heterocycles. The molecule has 1 heterocycles. The highest BCUT2D eigenvalue weighted by Crippen LogP contribution is 2.33. The van der Waals surface area contributed by atoms with Gasteiger partial charge >= 0.3 is 0 Å². The third kappa shape index (κ3) is 1.98. The zero-order valence-corrected chi connectivity index (χ0v) is 8.42. The largest absolute Gasteiger partial charge is 0.502 e. The molecule has 0 bridgehead atoms. The van der Waals surface area contributed by atoms with Crippen LogP contribution in [0.25, 0.3) is 0 Å². The predicted octanol–water partition coefficient (Wildman–Crippen LogP) is 1.74. The van der Waals surface area contributed by atoms with Crippen molar-refractivity contribution in [3.63, 3.8) is 0 Å². The first-order valence-corrected chi connectivity index (χ1v) is 4.63. The minimum absolute atomic E-state index is 0.0351. The second kappa shape index (κ2) is 3.98. The number of nitrogens with two attached hydrogens (primary N) is 2. The van der Waals surface area contributed by atoms with Gasteiger partial charge in [-0.25, -0.2) is 4.98 Å². The molecular formula is C11H11N3O2. The topological polar surface area (TPSA) is 94.4 Å². The minimum Gasteiger partial charge on any atom is -0.502 e. The van der Waals surface area contributed by atoms with E-state index in [1.54, 1.807) is 24.3 Å². The van der Waals surface area contributed by atoms with Crippen molar-refractivity contribution in [2.24, 2.45) is 0 Å². The SMILES string of the molecule is Nc1ccc(Oc2ccnc(N)c2O)cc1. The fraction of sp³-hybridized carbons (Fsp3) is 0. The van der Waals surface area contributed by atoms with Gasteiger partial charge in [0.2, 0.25) is 5.75 Å². The number of rotatable bonds is 2. The highest BCUT2D eigenvalue weighted by Gasteiger charge is 2.07. The van der Waals surface area contributed by atoms with Crippen molar-refractivity contribution in [1.82, 2.24) is 4.98 Å². The van der Waals surface area contributed by atoms with E-state index in [1.165, 1.54) is 12.3 Å². The molecule has 0 atom stereocenters. The van der Waals surface area contributed by atoms with Gasteiger partial charge in [0.05, 0.1) is 0 Å². The van der Waals surface area contributed by atoms with Crippen LogP contribution in [0.15, 0.2) is 36.5 Å². The first-order chi connectivity index (χ1) is 7.66. The van der Waals surface area contributed by atoms with Crippen LogP contribution in [0.5, 0.6) is 17.2 Å². The zero-order valence-electron chi connectivity index (χ0n) is 8.42. The average molecular weight is 217 g/mol. The summed E-state index contributed by atoms with van der Waals surface area (Å²) in [5.74, 6) is 0.694. The van der Waals surface area contributed by atoms with Crippen molar-refractivity contribution in [3.8, 4) is 17.2 Å². The Morgan fingerprint density at radius 2 is 1.75 bits per heavy atom. The Bertz CT molecular complexity index is 497. The van der Waals surface area contributed by atoms with E-state index in [-0.39, 0.29) is 17.3 Å². The van der Waals surface area contributed by atoms with E-state index >= 15 is 0 Å². The maximum absolute atomic E-state index is 9.58. The summed E-state index contributed by atoms with van der Waals surface area (Å²) < 4.78 is 5.42. The maximum Gasteiger partial charge on any atom is 0.201 e. The highest BCUT2D eigenvalue weighted by atomic mass is 16.5. The van der Waals surface area contributed by atoms with Crippen molar-refractivity contribution >= 4 is 11.5 Å². The molecule has 0 saturated carbocycles. The summed E-state index contributed by atoms with van der Waals surface area (Å²) in [7, 11) is 0. The summed E-state index contributed by atoms with van der Waals surface area (Å²) >= 11 is 0. The van der Waals surface area contributed by atoms with E-state index in [9.17, 15) is 5.11 Å². The van der Waals surface area contributed by atoms with E-state index in [2.05, 4.69) is 4.98 Å². The van der Waals surface area contributed by atoms with Gasteiger partial charge in [-0.2, -0.15) is 0 Å². The number of aromatic hydroxyl groups is 1. The number of aromatic nitrogens is 1. The molecule has 0 aliphatic heterocycles. The molecule has 0 radical (unpaired) electrons. The van der Waals surface area contributed by atoms with E-state index in [0.717, 1.165) is 0 Å². The molecule has 82 valence electrons. The molecule has 16 heavy (non-hydrogen) atoms. The molecule has 2 aromatic rings. The third-order valence-corrected chi connectivity index (χ3v) is 2.02. The lowest BCUT2D eigenvalue weighted by molar-refractivity contribution is 0.411. The molecule has 0 unspecified atom stereocenters. The highest BCUT2D eigenvalue weighted by molar-refractivity contribution is 5.55. The third-order valence-electron chi connectivity index (χ3n) is 2.02. The van der Waals surface area contributed by atoms with Gasteiger partial charge in [0.15, 0.2) is 11.6 Å². The monoisotopic (exact) mass is 217 g/mol. The Kier molecular flexibility index (Phi) is 2.51. The van der Waals surface area contributed by atoms with Crippen LogP contribution in [0, 0.1) is 0 Å². The lowest BCUT2D eigenvalue weighted by Gasteiger charge is -2.08. The van der Waals surface area contributed by atoms with E-state index in [1.807, 2.05) is 0 Å². The molecule has 0 aliphatic carbocycles. The molecule has 0 saturated heterocycles. The lowest BCUT2D eigenvalue weighted by atomic mass is 10.3. The number of hydrogen-bond donors (Lipinski definition) is 3. The Labute approximate surface area is 92.3 Å².